The van der Waals surface area contributed by atoms with Gasteiger partial charge in [-0.3, -0.25) is 4.31 Å². The predicted molar refractivity (Wildman–Crippen MR) is 88.3 cm³/mol. The van der Waals surface area contributed by atoms with Crippen molar-refractivity contribution in [2.45, 2.75) is 12.7 Å². The van der Waals surface area contributed by atoms with E-state index in [4.69, 9.17) is 0 Å². The standard InChI is InChI=1S/C16H17N3O2S/c1-12-17-15-9-8-14(10-16(15)18-12)19(2)22(20,21)11-13-6-4-3-5-7-13/h3-10H,11H2,1-2H3,(H,17,18). The van der Waals surface area contributed by atoms with E-state index in [2.05, 4.69) is 9.97 Å². The summed E-state index contributed by atoms with van der Waals surface area (Å²) in [4.78, 5) is 7.44. The van der Waals surface area contributed by atoms with Crippen molar-refractivity contribution in [3.8, 4) is 0 Å². The molecule has 114 valence electrons. The maximum absolute atomic E-state index is 12.5. The highest BCUT2D eigenvalue weighted by atomic mass is 32.2. The van der Waals surface area contributed by atoms with Gasteiger partial charge in [0.1, 0.15) is 5.82 Å². The topological polar surface area (TPSA) is 66.1 Å². The molecule has 0 fully saturated rings. The number of aryl methyl sites for hydroxylation is 1. The Hall–Kier alpha value is -2.34. The number of hydrogen-bond donors (Lipinski definition) is 1. The monoisotopic (exact) mass is 315 g/mol. The number of anilines is 1. The number of fused-ring (bicyclic) bond motifs is 1. The number of sulfonamides is 1. The smallest absolute Gasteiger partial charge is 0.239 e. The second-order valence-electron chi connectivity index (χ2n) is 5.23. The molecule has 0 saturated carbocycles. The average Bonchev–Trinajstić information content (AvgIpc) is 2.86. The van der Waals surface area contributed by atoms with Crippen LogP contribution in [0.1, 0.15) is 11.4 Å². The molecule has 6 heteroatoms. The van der Waals surface area contributed by atoms with Crippen molar-refractivity contribution in [1.29, 1.82) is 0 Å². The molecule has 1 N–H and O–H groups in total. The Labute approximate surface area is 129 Å². The number of nitrogens with zero attached hydrogens (tertiary/aromatic N) is 2. The molecule has 1 aromatic heterocycles. The first-order chi connectivity index (χ1) is 10.5. The van der Waals surface area contributed by atoms with Crippen LogP contribution in [0.15, 0.2) is 48.5 Å². The number of hydrogen-bond acceptors (Lipinski definition) is 3. The Morgan fingerprint density at radius 3 is 2.59 bits per heavy atom. The fourth-order valence-electron chi connectivity index (χ4n) is 2.36. The van der Waals surface area contributed by atoms with Crippen LogP contribution in [0.4, 0.5) is 5.69 Å². The Balaban J connectivity index is 1.91. The summed E-state index contributed by atoms with van der Waals surface area (Å²) < 4.78 is 26.4. The largest absolute Gasteiger partial charge is 0.342 e. The van der Waals surface area contributed by atoms with Crippen LogP contribution < -0.4 is 4.31 Å². The molecule has 0 bridgehead atoms. The average molecular weight is 315 g/mol. The molecular weight excluding hydrogens is 298 g/mol. The minimum Gasteiger partial charge on any atom is -0.342 e. The van der Waals surface area contributed by atoms with Crippen molar-refractivity contribution < 1.29 is 8.42 Å². The number of aromatic amines is 1. The van der Waals surface area contributed by atoms with Crippen LogP contribution in [0.2, 0.25) is 0 Å². The molecule has 22 heavy (non-hydrogen) atoms. The van der Waals surface area contributed by atoms with Crippen molar-refractivity contribution in [2.24, 2.45) is 0 Å². The summed E-state index contributed by atoms with van der Waals surface area (Å²) in [6.07, 6.45) is 0. The SMILES string of the molecule is Cc1nc2ccc(N(C)S(=O)(=O)Cc3ccccc3)cc2[nH]1. The van der Waals surface area contributed by atoms with Crippen LogP contribution in [0.25, 0.3) is 11.0 Å². The number of H-pyrrole nitrogens is 1. The fourth-order valence-corrected chi connectivity index (χ4v) is 3.61. The quantitative estimate of drug-likeness (QED) is 0.805. The van der Waals surface area contributed by atoms with Gasteiger partial charge in [0.15, 0.2) is 0 Å². The zero-order valence-electron chi connectivity index (χ0n) is 12.4. The lowest BCUT2D eigenvalue weighted by molar-refractivity contribution is 0.593. The summed E-state index contributed by atoms with van der Waals surface area (Å²) in [6.45, 7) is 1.87. The van der Waals surface area contributed by atoms with Crippen molar-refractivity contribution in [1.82, 2.24) is 9.97 Å². The van der Waals surface area contributed by atoms with Gasteiger partial charge in [0.25, 0.3) is 0 Å². The molecule has 0 aliphatic carbocycles. The van der Waals surface area contributed by atoms with Gasteiger partial charge in [-0.15, -0.1) is 0 Å². The molecule has 0 amide bonds. The first kappa shape index (κ1) is 14.6. The van der Waals surface area contributed by atoms with E-state index in [1.165, 1.54) is 4.31 Å². The lowest BCUT2D eigenvalue weighted by Crippen LogP contribution is -2.27. The van der Waals surface area contributed by atoms with Crippen LogP contribution in [-0.2, 0) is 15.8 Å². The number of benzene rings is 2. The summed E-state index contributed by atoms with van der Waals surface area (Å²) >= 11 is 0. The van der Waals surface area contributed by atoms with E-state index in [-0.39, 0.29) is 5.75 Å². The van der Waals surface area contributed by atoms with E-state index < -0.39 is 10.0 Å². The van der Waals surface area contributed by atoms with Gasteiger partial charge in [0.2, 0.25) is 10.0 Å². The molecule has 0 unspecified atom stereocenters. The molecule has 3 rings (SSSR count). The summed E-state index contributed by atoms with van der Waals surface area (Å²) in [6, 6.07) is 14.6. The molecule has 0 atom stereocenters. The van der Waals surface area contributed by atoms with Gasteiger partial charge in [-0.05, 0) is 30.7 Å². The third kappa shape index (κ3) is 2.82. The van der Waals surface area contributed by atoms with Gasteiger partial charge < -0.3 is 4.98 Å². The van der Waals surface area contributed by atoms with Crippen LogP contribution in [0.5, 0.6) is 0 Å². The highest BCUT2D eigenvalue weighted by Crippen LogP contribution is 2.23. The van der Waals surface area contributed by atoms with Gasteiger partial charge in [-0.2, -0.15) is 0 Å². The van der Waals surface area contributed by atoms with Crippen molar-refractivity contribution >= 4 is 26.7 Å². The number of rotatable bonds is 4. The number of nitrogens with one attached hydrogen (secondary N) is 1. The van der Waals surface area contributed by atoms with Gasteiger partial charge in [-0.1, -0.05) is 30.3 Å². The third-order valence-corrected chi connectivity index (χ3v) is 5.30. The summed E-state index contributed by atoms with van der Waals surface area (Å²) in [5, 5.41) is 0. The van der Waals surface area contributed by atoms with Crippen molar-refractivity contribution in [3.05, 3.63) is 59.9 Å². The van der Waals surface area contributed by atoms with Crippen LogP contribution in [-0.4, -0.2) is 25.4 Å². The molecule has 2 aromatic carbocycles. The molecule has 0 aliphatic heterocycles. The second-order valence-corrected chi connectivity index (χ2v) is 7.23. The highest BCUT2D eigenvalue weighted by molar-refractivity contribution is 7.92. The zero-order chi connectivity index (χ0) is 15.7. The van der Waals surface area contributed by atoms with Crippen LogP contribution in [0, 0.1) is 6.92 Å². The summed E-state index contributed by atoms with van der Waals surface area (Å²) in [5.41, 5.74) is 3.05. The van der Waals surface area contributed by atoms with E-state index >= 15 is 0 Å². The lowest BCUT2D eigenvalue weighted by atomic mass is 10.2. The minimum absolute atomic E-state index is 0.0234. The Morgan fingerprint density at radius 1 is 1.14 bits per heavy atom. The van der Waals surface area contributed by atoms with E-state index in [1.54, 1.807) is 19.2 Å². The third-order valence-electron chi connectivity index (χ3n) is 3.56. The summed E-state index contributed by atoms with van der Waals surface area (Å²) in [7, 11) is -1.86. The minimum atomic E-state index is -3.43. The first-order valence-corrected chi connectivity index (χ1v) is 8.53. The first-order valence-electron chi connectivity index (χ1n) is 6.92. The molecule has 1 heterocycles. The van der Waals surface area contributed by atoms with E-state index in [9.17, 15) is 8.42 Å². The maximum atomic E-state index is 12.5. The van der Waals surface area contributed by atoms with Crippen molar-refractivity contribution in [3.63, 3.8) is 0 Å². The molecule has 0 radical (unpaired) electrons. The Kier molecular flexibility index (Phi) is 3.62. The van der Waals surface area contributed by atoms with Gasteiger partial charge in [0, 0.05) is 7.05 Å². The van der Waals surface area contributed by atoms with E-state index in [1.807, 2.05) is 43.3 Å². The molecule has 5 nitrogen and oxygen atoms in total. The van der Waals surface area contributed by atoms with Crippen LogP contribution in [0.3, 0.4) is 0 Å². The van der Waals surface area contributed by atoms with Gasteiger partial charge in [0.05, 0.1) is 22.5 Å². The Bertz CT molecular complexity index is 902. The normalized spacial score (nSPS) is 11.7. The Morgan fingerprint density at radius 2 is 1.86 bits per heavy atom. The number of imidazole rings is 1. The van der Waals surface area contributed by atoms with Gasteiger partial charge >= 0.3 is 0 Å². The molecule has 0 spiro atoms. The van der Waals surface area contributed by atoms with Crippen LogP contribution >= 0.6 is 0 Å². The molecule has 0 saturated heterocycles. The predicted octanol–water partition coefficient (Wildman–Crippen LogP) is 2.84. The van der Waals surface area contributed by atoms with Crippen molar-refractivity contribution in [2.75, 3.05) is 11.4 Å². The second kappa shape index (κ2) is 5.46. The zero-order valence-corrected chi connectivity index (χ0v) is 13.3. The number of aromatic nitrogens is 2. The molecular formula is C16H17N3O2S. The molecule has 0 aliphatic rings. The highest BCUT2D eigenvalue weighted by Gasteiger charge is 2.19. The lowest BCUT2D eigenvalue weighted by Gasteiger charge is -2.19. The summed E-state index contributed by atoms with van der Waals surface area (Å²) in [5.74, 6) is 0.784. The van der Waals surface area contributed by atoms with Gasteiger partial charge in [-0.25, -0.2) is 13.4 Å². The maximum Gasteiger partial charge on any atom is 0.239 e. The molecule has 3 aromatic rings. The fraction of sp³-hybridized carbons (Fsp3) is 0.188. The van der Waals surface area contributed by atoms with E-state index in [0.29, 0.717) is 5.69 Å². The van der Waals surface area contributed by atoms with E-state index in [0.717, 1.165) is 22.4 Å².